The predicted octanol–water partition coefficient (Wildman–Crippen LogP) is 5.06. The lowest BCUT2D eigenvalue weighted by Crippen LogP contribution is -2.42. The lowest BCUT2D eigenvalue weighted by Gasteiger charge is -2.39. The number of fused-ring (bicyclic) bond motifs is 3. The highest BCUT2D eigenvalue weighted by Crippen LogP contribution is 2.55. The second-order valence-corrected chi connectivity index (χ2v) is 12.8. The van der Waals surface area contributed by atoms with Gasteiger partial charge >= 0.3 is 5.97 Å². The fourth-order valence-electron chi connectivity index (χ4n) is 6.69. The lowest BCUT2D eigenvalue weighted by atomic mass is 9.65. The molecule has 1 fully saturated rings. The molecular formula is C34H31NO9S. The van der Waals surface area contributed by atoms with Crippen molar-refractivity contribution in [3.8, 4) is 39.9 Å². The molecular weight excluding hydrogens is 598 g/mol. The maximum atomic E-state index is 13.9. The summed E-state index contributed by atoms with van der Waals surface area (Å²) in [6.07, 6.45) is 0. The van der Waals surface area contributed by atoms with Gasteiger partial charge in [-0.1, -0.05) is 42.5 Å². The minimum atomic E-state index is -4.03. The van der Waals surface area contributed by atoms with Gasteiger partial charge in [-0.25, -0.2) is 13.1 Å². The Hall–Kier alpha value is -4.74. The van der Waals surface area contributed by atoms with Crippen molar-refractivity contribution >= 4 is 16.0 Å². The Morgan fingerprint density at radius 1 is 0.756 bits per heavy atom. The van der Waals surface area contributed by atoms with Gasteiger partial charge in [0.15, 0.2) is 23.0 Å². The number of cyclic esters (lactones) is 1. The number of nitrogens with one attached hydrogen (secondary N) is 1. The molecule has 1 saturated heterocycles. The van der Waals surface area contributed by atoms with E-state index < -0.39 is 39.8 Å². The van der Waals surface area contributed by atoms with E-state index in [1.165, 1.54) is 21.3 Å². The molecule has 0 radical (unpaired) electrons. The summed E-state index contributed by atoms with van der Waals surface area (Å²) >= 11 is 0. The smallest absolute Gasteiger partial charge is 0.310 e. The number of benzene rings is 4. The van der Waals surface area contributed by atoms with E-state index in [0.29, 0.717) is 39.9 Å². The summed E-state index contributed by atoms with van der Waals surface area (Å²) < 4.78 is 64.6. The maximum absolute atomic E-state index is 13.9. The molecule has 4 aromatic carbocycles. The Bertz CT molecular complexity index is 1850. The van der Waals surface area contributed by atoms with Crippen molar-refractivity contribution in [2.24, 2.45) is 11.8 Å². The van der Waals surface area contributed by atoms with Crippen molar-refractivity contribution in [2.45, 2.75) is 16.9 Å². The van der Waals surface area contributed by atoms with Gasteiger partial charge in [-0.3, -0.25) is 4.79 Å². The summed E-state index contributed by atoms with van der Waals surface area (Å²) in [7, 11) is 0.542. The quantitative estimate of drug-likeness (QED) is 0.267. The minimum absolute atomic E-state index is 0.0339. The SMILES string of the molecule is COc1cc([C@@H]2c3cc4c(cc3[C@@H](NS(=O)(=O)c3ccc(-c5ccccc5)cc3)[C@H]3COC(=O)[C@H]23)OCO4)cc(OC)c1OC. The molecule has 2 heterocycles. The number of methoxy groups -OCH3 is 3. The average Bonchev–Trinajstić information content (AvgIpc) is 3.69. The molecule has 0 aromatic heterocycles. The number of carbonyl (C=O) groups excluding carboxylic acids is 1. The predicted molar refractivity (Wildman–Crippen MR) is 163 cm³/mol. The first-order chi connectivity index (χ1) is 21.8. The number of sulfonamides is 1. The largest absolute Gasteiger partial charge is 0.493 e. The van der Waals surface area contributed by atoms with Crippen LogP contribution < -0.4 is 28.4 Å². The Morgan fingerprint density at radius 2 is 1.38 bits per heavy atom. The van der Waals surface area contributed by atoms with Crippen LogP contribution in [0.4, 0.5) is 0 Å². The molecule has 10 nitrogen and oxygen atoms in total. The zero-order valence-electron chi connectivity index (χ0n) is 24.8. The van der Waals surface area contributed by atoms with Crippen LogP contribution in [0.1, 0.15) is 28.7 Å². The van der Waals surface area contributed by atoms with Gasteiger partial charge in [-0.2, -0.15) is 0 Å². The molecule has 0 saturated carbocycles. The Morgan fingerprint density at radius 3 is 2.00 bits per heavy atom. The van der Waals surface area contributed by atoms with E-state index in [0.717, 1.165) is 16.7 Å². The molecule has 232 valence electrons. The van der Waals surface area contributed by atoms with E-state index in [4.69, 9.17) is 28.4 Å². The van der Waals surface area contributed by atoms with E-state index in [2.05, 4.69) is 4.72 Å². The first kappa shape index (κ1) is 29.0. The number of carbonyl (C=O) groups is 1. The summed E-state index contributed by atoms with van der Waals surface area (Å²) in [6.45, 7) is 0.0740. The van der Waals surface area contributed by atoms with Crippen LogP contribution in [0.2, 0.25) is 0 Å². The monoisotopic (exact) mass is 629 g/mol. The van der Waals surface area contributed by atoms with Gasteiger partial charge in [0.1, 0.15) is 0 Å². The minimum Gasteiger partial charge on any atom is -0.493 e. The van der Waals surface area contributed by atoms with E-state index >= 15 is 0 Å². The molecule has 4 atom stereocenters. The van der Waals surface area contributed by atoms with Crippen molar-refractivity contribution in [1.82, 2.24) is 4.72 Å². The number of hydrogen-bond donors (Lipinski definition) is 1. The Labute approximate surface area is 260 Å². The molecule has 1 aliphatic carbocycles. The fourth-order valence-corrected chi connectivity index (χ4v) is 7.95. The van der Waals surface area contributed by atoms with Crippen LogP contribution in [-0.4, -0.2) is 49.1 Å². The van der Waals surface area contributed by atoms with Crippen LogP contribution >= 0.6 is 0 Å². The zero-order chi connectivity index (χ0) is 31.3. The second-order valence-electron chi connectivity index (χ2n) is 11.1. The van der Waals surface area contributed by atoms with E-state index in [1.54, 1.807) is 30.3 Å². The number of esters is 1. The van der Waals surface area contributed by atoms with Crippen LogP contribution in [0.15, 0.2) is 83.8 Å². The van der Waals surface area contributed by atoms with Gasteiger partial charge < -0.3 is 28.4 Å². The molecule has 0 amide bonds. The average molecular weight is 630 g/mol. The molecule has 4 aromatic rings. The molecule has 0 spiro atoms. The molecule has 11 heteroatoms. The third-order valence-corrected chi connectivity index (χ3v) is 10.2. The van der Waals surface area contributed by atoms with Crippen LogP contribution in [0.25, 0.3) is 11.1 Å². The van der Waals surface area contributed by atoms with Gasteiger partial charge in [0.05, 0.1) is 44.8 Å². The number of ether oxygens (including phenoxy) is 6. The summed E-state index contributed by atoms with van der Waals surface area (Å²) in [5.74, 6) is 0.0958. The van der Waals surface area contributed by atoms with Crippen molar-refractivity contribution in [1.29, 1.82) is 0 Å². The summed E-state index contributed by atoms with van der Waals surface area (Å²) in [5.41, 5.74) is 3.97. The zero-order valence-corrected chi connectivity index (χ0v) is 25.6. The normalized spacial score (nSPS) is 21.4. The van der Waals surface area contributed by atoms with Gasteiger partial charge in [-0.15, -0.1) is 0 Å². The molecule has 0 bridgehead atoms. The van der Waals surface area contributed by atoms with Gasteiger partial charge in [0.2, 0.25) is 22.6 Å². The molecule has 0 unspecified atom stereocenters. The Balaban J connectivity index is 1.33. The van der Waals surface area contributed by atoms with Gasteiger partial charge in [0, 0.05) is 11.8 Å². The maximum Gasteiger partial charge on any atom is 0.310 e. The van der Waals surface area contributed by atoms with Crippen LogP contribution in [0.3, 0.4) is 0 Å². The van der Waals surface area contributed by atoms with Crippen LogP contribution in [0.5, 0.6) is 28.7 Å². The fraction of sp³-hybridized carbons (Fsp3) is 0.265. The highest BCUT2D eigenvalue weighted by Gasteiger charge is 2.53. The topological polar surface area (TPSA) is 119 Å². The first-order valence-corrected chi connectivity index (χ1v) is 15.9. The molecule has 1 N–H and O–H groups in total. The summed E-state index contributed by atoms with van der Waals surface area (Å²) in [5, 5.41) is 0. The van der Waals surface area contributed by atoms with Crippen molar-refractivity contribution in [2.75, 3.05) is 34.7 Å². The lowest BCUT2D eigenvalue weighted by molar-refractivity contribution is -0.141. The standard InChI is InChI=1S/C34H31NO9S/c1-39-28-13-21(14-29(40-2)33(28)41-3)30-23-15-26-27(44-18-43-26)16-24(23)32(25-17-42-34(36)31(25)30)35-45(37,38)22-11-9-20(10-12-22)19-7-5-4-6-8-19/h4-16,25,30-32,35H,17-18H2,1-3H3/t25-,30+,31-,32+/m0/s1. The van der Waals surface area contributed by atoms with Crippen molar-refractivity contribution in [3.05, 3.63) is 95.6 Å². The molecule has 45 heavy (non-hydrogen) atoms. The Kier molecular flexibility index (Phi) is 7.29. The third-order valence-electron chi connectivity index (χ3n) is 8.79. The van der Waals surface area contributed by atoms with E-state index in [9.17, 15) is 13.2 Å². The number of rotatable bonds is 8. The molecule has 3 aliphatic rings. The second kappa shape index (κ2) is 11.3. The molecule has 7 rings (SSSR count). The third kappa shape index (κ3) is 4.92. The first-order valence-electron chi connectivity index (χ1n) is 14.4. The van der Waals surface area contributed by atoms with Crippen molar-refractivity contribution < 1.29 is 41.6 Å². The van der Waals surface area contributed by atoms with Gasteiger partial charge in [0.25, 0.3) is 0 Å². The van der Waals surface area contributed by atoms with E-state index in [-0.39, 0.29) is 18.3 Å². The van der Waals surface area contributed by atoms with Crippen LogP contribution in [-0.2, 0) is 19.6 Å². The van der Waals surface area contributed by atoms with Gasteiger partial charge in [-0.05, 0) is 64.2 Å². The summed E-state index contributed by atoms with van der Waals surface area (Å²) in [6, 6.07) is 22.9. The highest BCUT2D eigenvalue weighted by atomic mass is 32.2. The highest BCUT2D eigenvalue weighted by molar-refractivity contribution is 7.89. The van der Waals surface area contributed by atoms with E-state index in [1.807, 2.05) is 48.5 Å². The van der Waals surface area contributed by atoms with Crippen LogP contribution in [0, 0.1) is 11.8 Å². The summed E-state index contributed by atoms with van der Waals surface area (Å²) in [4.78, 5) is 13.6. The molecule has 2 aliphatic heterocycles. The number of hydrogen-bond acceptors (Lipinski definition) is 9. The van der Waals surface area contributed by atoms with Crippen molar-refractivity contribution in [3.63, 3.8) is 0 Å².